The Morgan fingerprint density at radius 1 is 0.735 bits per heavy atom. The molecular weight excluding hydrogens is 657 g/mol. The molecule has 3 aromatic rings. The Balaban J connectivity index is 1.33. The number of anilines is 1. The number of likely N-dealkylation sites (tertiary alicyclic amines) is 2. The van der Waals surface area contributed by atoms with E-state index in [1.807, 2.05) is 6.07 Å². The van der Waals surface area contributed by atoms with Gasteiger partial charge in [-0.25, -0.2) is 9.18 Å². The zero-order chi connectivity index (χ0) is 35.7. The van der Waals surface area contributed by atoms with Crippen molar-refractivity contribution in [3.8, 4) is 0 Å². The Kier molecular flexibility index (Phi) is 10.3. The van der Waals surface area contributed by atoms with Crippen LogP contribution in [0.25, 0.3) is 0 Å². The lowest BCUT2D eigenvalue weighted by molar-refractivity contribution is -0.143. The molecule has 0 aliphatic carbocycles. The van der Waals surface area contributed by atoms with Crippen molar-refractivity contribution < 1.29 is 45.1 Å². The van der Waals surface area contributed by atoms with Gasteiger partial charge in [-0.1, -0.05) is 30.3 Å². The van der Waals surface area contributed by atoms with Crippen LogP contribution >= 0.6 is 0 Å². The first kappa shape index (κ1) is 35.7. The van der Waals surface area contributed by atoms with E-state index in [2.05, 4.69) is 0 Å². The van der Waals surface area contributed by atoms with Gasteiger partial charge < -0.3 is 14.7 Å². The maximum Gasteiger partial charge on any atom is 0.416 e. The number of urea groups is 1. The van der Waals surface area contributed by atoms with Gasteiger partial charge in [-0.2, -0.15) is 26.3 Å². The summed E-state index contributed by atoms with van der Waals surface area (Å²) in [7, 11) is 2.49. The van der Waals surface area contributed by atoms with Crippen LogP contribution in [0.1, 0.15) is 52.2 Å². The van der Waals surface area contributed by atoms with Crippen LogP contribution in [0.15, 0.2) is 72.8 Å². The quantitative estimate of drug-likeness (QED) is 0.264. The SMILES string of the molecule is CN(C(=O)N(C)C1CCN(C(=O)C2CCN(C(=O)c3ccccc3)CC2)CC1c1ccc(F)cc1)c1cc(C(F)(F)F)cc(C(F)(F)F)c1. The number of carbonyl (C=O) groups is 3. The standard InChI is InChI=1S/C35H35F7N4O3/c1-43(28-19-25(34(37,38)39)18-26(20-28)35(40,41)42)33(49)44(2)30-14-17-46(21-29(30)22-8-10-27(36)11-9-22)32(48)24-12-15-45(16-13-24)31(47)23-6-4-3-5-7-23/h3-11,18-20,24,29-30H,12-17,21H2,1-2H3. The molecule has 0 radical (unpaired) electrons. The molecule has 5 rings (SSSR count). The third kappa shape index (κ3) is 8.00. The van der Waals surface area contributed by atoms with Gasteiger partial charge in [0.1, 0.15) is 5.82 Å². The number of rotatable bonds is 5. The maximum absolute atomic E-state index is 13.9. The summed E-state index contributed by atoms with van der Waals surface area (Å²) < 4.78 is 95.0. The van der Waals surface area contributed by atoms with Crippen molar-refractivity contribution in [1.29, 1.82) is 0 Å². The number of hydrogen-bond donors (Lipinski definition) is 0. The highest BCUT2D eigenvalue weighted by molar-refractivity contribution is 5.94. The lowest BCUT2D eigenvalue weighted by Crippen LogP contribution is -2.55. The first-order valence-corrected chi connectivity index (χ1v) is 15.7. The predicted molar refractivity (Wildman–Crippen MR) is 167 cm³/mol. The first-order chi connectivity index (χ1) is 23.0. The highest BCUT2D eigenvalue weighted by Gasteiger charge is 2.41. The van der Waals surface area contributed by atoms with Crippen molar-refractivity contribution in [2.45, 2.75) is 43.6 Å². The van der Waals surface area contributed by atoms with Crippen molar-refractivity contribution in [2.75, 3.05) is 45.2 Å². The topological polar surface area (TPSA) is 64.2 Å². The van der Waals surface area contributed by atoms with Gasteiger partial charge in [-0.05, 0) is 67.3 Å². The lowest BCUT2D eigenvalue weighted by Gasteiger charge is -2.45. The number of hydrogen-bond acceptors (Lipinski definition) is 3. The number of nitrogens with zero attached hydrogens (tertiary/aromatic N) is 4. The van der Waals surface area contributed by atoms with Gasteiger partial charge in [0.15, 0.2) is 0 Å². The van der Waals surface area contributed by atoms with Gasteiger partial charge in [0.25, 0.3) is 5.91 Å². The van der Waals surface area contributed by atoms with E-state index in [1.54, 1.807) is 34.1 Å². The summed E-state index contributed by atoms with van der Waals surface area (Å²) in [5.74, 6) is -1.63. The molecular formula is C35H35F7N4O3. The van der Waals surface area contributed by atoms with E-state index in [0.29, 0.717) is 49.2 Å². The van der Waals surface area contributed by atoms with Crippen LogP contribution in [-0.4, -0.2) is 78.9 Å². The largest absolute Gasteiger partial charge is 0.416 e. The molecule has 2 atom stereocenters. The monoisotopic (exact) mass is 692 g/mol. The van der Waals surface area contributed by atoms with E-state index in [1.165, 1.54) is 36.2 Å². The summed E-state index contributed by atoms with van der Waals surface area (Å²) in [6.45, 7) is 1.17. The van der Waals surface area contributed by atoms with Crippen LogP contribution in [0.4, 0.5) is 41.2 Å². The molecule has 2 aliphatic heterocycles. The normalized spacial score (nSPS) is 19.0. The van der Waals surface area contributed by atoms with E-state index in [0.717, 1.165) is 11.9 Å². The van der Waals surface area contributed by atoms with Crippen LogP contribution < -0.4 is 4.90 Å². The van der Waals surface area contributed by atoms with Crippen molar-refractivity contribution in [2.24, 2.45) is 5.92 Å². The predicted octanol–water partition coefficient (Wildman–Crippen LogP) is 7.29. The van der Waals surface area contributed by atoms with Gasteiger partial charge in [0.05, 0.1) is 11.1 Å². The fraction of sp³-hybridized carbons (Fsp3) is 0.400. The Morgan fingerprint density at radius 2 is 1.29 bits per heavy atom. The average molecular weight is 693 g/mol. The second kappa shape index (κ2) is 14.1. The molecule has 14 heteroatoms. The molecule has 2 unspecified atom stereocenters. The van der Waals surface area contributed by atoms with E-state index in [9.17, 15) is 45.1 Å². The molecule has 0 saturated carbocycles. The summed E-state index contributed by atoms with van der Waals surface area (Å²) in [4.78, 5) is 45.7. The number of alkyl halides is 6. The summed E-state index contributed by atoms with van der Waals surface area (Å²) in [5.41, 5.74) is -2.53. The molecule has 0 bridgehead atoms. The lowest BCUT2D eigenvalue weighted by atomic mass is 9.84. The number of amides is 4. The minimum absolute atomic E-state index is 0.00613. The second-order valence-electron chi connectivity index (χ2n) is 12.4. The van der Waals surface area contributed by atoms with Gasteiger partial charge in [0, 0.05) is 69.4 Å². The summed E-state index contributed by atoms with van der Waals surface area (Å²) in [6, 6.07) is 13.8. The van der Waals surface area contributed by atoms with Gasteiger partial charge >= 0.3 is 18.4 Å². The molecule has 0 aromatic heterocycles. The molecule has 2 fully saturated rings. The molecule has 0 N–H and O–H groups in total. The molecule has 262 valence electrons. The molecule has 0 spiro atoms. The van der Waals surface area contributed by atoms with E-state index < -0.39 is 53.0 Å². The molecule has 2 heterocycles. The molecule has 2 saturated heterocycles. The number of carbonyl (C=O) groups excluding carboxylic acids is 3. The third-order valence-electron chi connectivity index (χ3n) is 9.38. The smallest absolute Gasteiger partial charge is 0.342 e. The molecule has 2 aliphatic rings. The zero-order valence-corrected chi connectivity index (χ0v) is 26.8. The van der Waals surface area contributed by atoms with E-state index >= 15 is 0 Å². The number of benzene rings is 3. The van der Waals surface area contributed by atoms with E-state index in [-0.39, 0.29) is 43.3 Å². The molecule has 3 aromatic carbocycles. The maximum atomic E-state index is 13.9. The van der Waals surface area contributed by atoms with Gasteiger partial charge in [-0.3, -0.25) is 14.5 Å². The van der Waals surface area contributed by atoms with E-state index in [4.69, 9.17) is 0 Å². The van der Waals surface area contributed by atoms with Crippen LogP contribution in [0.2, 0.25) is 0 Å². The highest BCUT2D eigenvalue weighted by Crippen LogP contribution is 2.39. The molecule has 49 heavy (non-hydrogen) atoms. The Morgan fingerprint density at radius 3 is 1.84 bits per heavy atom. The molecule has 7 nitrogen and oxygen atoms in total. The van der Waals surface area contributed by atoms with Gasteiger partial charge in [-0.15, -0.1) is 0 Å². The average Bonchev–Trinajstić information content (AvgIpc) is 3.09. The number of likely N-dealkylation sites (N-methyl/N-ethyl adjacent to an activating group) is 1. The Labute approximate surface area is 278 Å². The van der Waals surface area contributed by atoms with Crippen LogP contribution in [0.3, 0.4) is 0 Å². The Hall–Kier alpha value is -4.62. The van der Waals surface area contributed by atoms with Crippen molar-refractivity contribution in [3.05, 3.63) is 101 Å². The fourth-order valence-corrected chi connectivity index (χ4v) is 6.61. The third-order valence-corrected chi connectivity index (χ3v) is 9.38. The van der Waals surface area contributed by atoms with Crippen LogP contribution in [0, 0.1) is 11.7 Å². The fourth-order valence-electron chi connectivity index (χ4n) is 6.61. The molecule has 4 amide bonds. The number of piperidine rings is 2. The van der Waals surface area contributed by atoms with Crippen molar-refractivity contribution in [1.82, 2.24) is 14.7 Å². The summed E-state index contributed by atoms with van der Waals surface area (Å²) in [5, 5.41) is 0. The first-order valence-electron chi connectivity index (χ1n) is 15.7. The number of halogens is 7. The minimum Gasteiger partial charge on any atom is -0.342 e. The second-order valence-corrected chi connectivity index (χ2v) is 12.4. The highest BCUT2D eigenvalue weighted by atomic mass is 19.4. The minimum atomic E-state index is -5.09. The van der Waals surface area contributed by atoms with Crippen molar-refractivity contribution >= 4 is 23.5 Å². The van der Waals surface area contributed by atoms with Gasteiger partial charge in [0.2, 0.25) is 5.91 Å². The summed E-state index contributed by atoms with van der Waals surface area (Å²) in [6.07, 6.45) is -9.03. The Bertz CT molecular complexity index is 1620. The summed E-state index contributed by atoms with van der Waals surface area (Å²) >= 11 is 0. The van der Waals surface area contributed by atoms with Crippen LogP contribution in [-0.2, 0) is 17.1 Å². The van der Waals surface area contributed by atoms with Crippen LogP contribution in [0.5, 0.6) is 0 Å². The van der Waals surface area contributed by atoms with Crippen molar-refractivity contribution in [3.63, 3.8) is 0 Å². The zero-order valence-electron chi connectivity index (χ0n) is 26.8.